The third-order valence-electron chi connectivity index (χ3n) is 4.31. The summed E-state index contributed by atoms with van der Waals surface area (Å²) in [5.41, 5.74) is 3.13. The quantitative estimate of drug-likeness (QED) is 0.911. The van der Waals surface area contributed by atoms with Gasteiger partial charge in [0.1, 0.15) is 0 Å². The van der Waals surface area contributed by atoms with Crippen molar-refractivity contribution in [2.24, 2.45) is 0 Å². The Morgan fingerprint density at radius 2 is 1.89 bits per heavy atom. The van der Waals surface area contributed by atoms with Crippen LogP contribution in [0.3, 0.4) is 0 Å². The molecular formula is C16H24N2S. The Kier molecular flexibility index (Phi) is 4.81. The molecular weight excluding hydrogens is 252 g/mol. The van der Waals surface area contributed by atoms with Crippen LogP contribution in [0.5, 0.6) is 0 Å². The lowest BCUT2D eigenvalue weighted by Crippen LogP contribution is -2.40. The van der Waals surface area contributed by atoms with Gasteiger partial charge < -0.3 is 10.2 Å². The molecule has 0 saturated carbocycles. The van der Waals surface area contributed by atoms with Crippen molar-refractivity contribution in [2.75, 3.05) is 37.7 Å². The first-order valence-electron chi connectivity index (χ1n) is 7.52. The molecule has 2 aliphatic heterocycles. The molecule has 1 fully saturated rings. The monoisotopic (exact) mass is 276 g/mol. The Morgan fingerprint density at radius 3 is 2.53 bits per heavy atom. The minimum atomic E-state index is 0.740. The topological polar surface area (TPSA) is 15.3 Å². The van der Waals surface area contributed by atoms with Crippen molar-refractivity contribution in [1.82, 2.24) is 10.2 Å². The van der Waals surface area contributed by atoms with Crippen LogP contribution >= 0.6 is 11.8 Å². The van der Waals surface area contributed by atoms with Gasteiger partial charge in [-0.1, -0.05) is 24.3 Å². The summed E-state index contributed by atoms with van der Waals surface area (Å²) >= 11 is 2.10. The number of rotatable bonds is 3. The van der Waals surface area contributed by atoms with Gasteiger partial charge >= 0.3 is 0 Å². The van der Waals surface area contributed by atoms with E-state index in [9.17, 15) is 0 Å². The number of nitrogens with zero attached hydrogens (tertiary/aromatic N) is 1. The van der Waals surface area contributed by atoms with E-state index < -0.39 is 0 Å². The van der Waals surface area contributed by atoms with E-state index in [1.807, 2.05) is 0 Å². The summed E-state index contributed by atoms with van der Waals surface area (Å²) < 4.78 is 0. The van der Waals surface area contributed by atoms with Gasteiger partial charge in [-0.15, -0.1) is 0 Å². The summed E-state index contributed by atoms with van der Waals surface area (Å²) in [6.07, 6.45) is 3.76. The van der Waals surface area contributed by atoms with E-state index >= 15 is 0 Å². The summed E-state index contributed by atoms with van der Waals surface area (Å²) in [6, 6.07) is 9.70. The highest BCUT2D eigenvalue weighted by atomic mass is 32.2. The lowest BCUT2D eigenvalue weighted by molar-refractivity contribution is 0.271. The zero-order valence-electron chi connectivity index (χ0n) is 11.6. The molecule has 0 radical (unpaired) electrons. The minimum absolute atomic E-state index is 0.740. The zero-order valence-corrected chi connectivity index (χ0v) is 12.4. The zero-order chi connectivity index (χ0) is 12.9. The number of benzene rings is 1. The second kappa shape index (κ2) is 6.78. The maximum absolute atomic E-state index is 3.64. The number of hydrogen-bond donors (Lipinski definition) is 1. The Morgan fingerprint density at radius 1 is 1.16 bits per heavy atom. The van der Waals surface area contributed by atoms with E-state index in [2.05, 4.69) is 46.2 Å². The third-order valence-corrected chi connectivity index (χ3v) is 5.44. The van der Waals surface area contributed by atoms with Gasteiger partial charge in [-0.2, -0.15) is 11.8 Å². The van der Waals surface area contributed by atoms with Crippen LogP contribution < -0.4 is 5.32 Å². The molecule has 1 saturated heterocycles. The molecule has 0 aliphatic carbocycles. The van der Waals surface area contributed by atoms with Gasteiger partial charge in [0.25, 0.3) is 0 Å². The van der Waals surface area contributed by atoms with Crippen molar-refractivity contribution in [2.45, 2.75) is 25.3 Å². The van der Waals surface area contributed by atoms with Crippen LogP contribution in [0.15, 0.2) is 24.3 Å². The summed E-state index contributed by atoms with van der Waals surface area (Å²) in [7, 11) is 0. The fourth-order valence-electron chi connectivity index (χ4n) is 3.08. The molecule has 2 aliphatic rings. The van der Waals surface area contributed by atoms with Gasteiger partial charge in [0.15, 0.2) is 0 Å². The molecule has 3 heteroatoms. The van der Waals surface area contributed by atoms with Crippen molar-refractivity contribution in [3.63, 3.8) is 0 Å². The van der Waals surface area contributed by atoms with Crippen molar-refractivity contribution in [1.29, 1.82) is 0 Å². The Hall–Kier alpha value is -0.510. The fraction of sp³-hybridized carbons (Fsp3) is 0.625. The van der Waals surface area contributed by atoms with Gasteiger partial charge in [0, 0.05) is 37.2 Å². The van der Waals surface area contributed by atoms with E-state index in [1.165, 1.54) is 56.9 Å². The molecule has 1 atom stereocenters. The summed E-state index contributed by atoms with van der Waals surface area (Å²) in [6.45, 7) is 4.92. The molecule has 0 bridgehead atoms. The second-order valence-electron chi connectivity index (χ2n) is 5.62. The summed E-state index contributed by atoms with van der Waals surface area (Å²) in [4.78, 5) is 2.65. The Labute approximate surface area is 121 Å². The van der Waals surface area contributed by atoms with E-state index in [0.29, 0.717) is 0 Å². The number of thioether (sulfide) groups is 1. The predicted octanol–water partition coefficient (Wildman–Crippen LogP) is 2.18. The molecule has 0 amide bonds. The smallest absolute Gasteiger partial charge is 0.0170 e. The molecule has 1 N–H and O–H groups in total. The van der Waals surface area contributed by atoms with Crippen LogP contribution in [0.4, 0.5) is 0 Å². The molecule has 0 aromatic heterocycles. The normalized spacial score (nSPS) is 24.7. The van der Waals surface area contributed by atoms with Crippen LogP contribution in [-0.2, 0) is 12.8 Å². The number of fused-ring (bicyclic) bond motifs is 1. The molecule has 1 aromatic rings. The maximum Gasteiger partial charge on any atom is 0.0170 e. The molecule has 19 heavy (non-hydrogen) atoms. The lowest BCUT2D eigenvalue weighted by Gasteiger charge is -2.26. The molecule has 104 valence electrons. The highest BCUT2D eigenvalue weighted by Crippen LogP contribution is 2.16. The van der Waals surface area contributed by atoms with E-state index in [1.54, 1.807) is 11.1 Å². The van der Waals surface area contributed by atoms with E-state index in [4.69, 9.17) is 0 Å². The van der Waals surface area contributed by atoms with Crippen LogP contribution in [0.25, 0.3) is 0 Å². The van der Waals surface area contributed by atoms with Gasteiger partial charge in [-0.25, -0.2) is 0 Å². The van der Waals surface area contributed by atoms with Crippen LogP contribution in [0, 0.1) is 0 Å². The van der Waals surface area contributed by atoms with Crippen LogP contribution in [-0.4, -0.2) is 48.6 Å². The number of nitrogens with one attached hydrogen (secondary N) is 1. The second-order valence-corrected chi connectivity index (χ2v) is 6.77. The van der Waals surface area contributed by atoms with Gasteiger partial charge in [-0.05, 0) is 36.9 Å². The average molecular weight is 276 g/mol. The van der Waals surface area contributed by atoms with Crippen molar-refractivity contribution < 1.29 is 0 Å². The van der Waals surface area contributed by atoms with Crippen molar-refractivity contribution in [3.05, 3.63) is 35.4 Å². The van der Waals surface area contributed by atoms with Crippen molar-refractivity contribution >= 4 is 11.8 Å². The summed E-state index contributed by atoms with van der Waals surface area (Å²) in [5.74, 6) is 2.59. The lowest BCUT2D eigenvalue weighted by atomic mass is 10.0. The third kappa shape index (κ3) is 3.74. The number of hydrogen-bond acceptors (Lipinski definition) is 3. The van der Waals surface area contributed by atoms with E-state index in [-0.39, 0.29) is 0 Å². The van der Waals surface area contributed by atoms with Gasteiger partial charge in [-0.3, -0.25) is 0 Å². The van der Waals surface area contributed by atoms with Gasteiger partial charge in [0.05, 0.1) is 0 Å². The minimum Gasteiger partial charge on any atom is -0.312 e. The van der Waals surface area contributed by atoms with Crippen LogP contribution in [0.1, 0.15) is 17.5 Å². The van der Waals surface area contributed by atoms with E-state index in [0.717, 1.165) is 6.04 Å². The standard InChI is InChI=1S/C16H24N2S/c1-2-4-15-6-10-18(9-5-14(15)3-1)11-7-16-13-19-12-8-17-16/h1-4,16-17H,5-13H2. The first-order chi connectivity index (χ1) is 9.42. The molecule has 1 unspecified atom stereocenters. The molecule has 0 spiro atoms. The largest absolute Gasteiger partial charge is 0.312 e. The van der Waals surface area contributed by atoms with Crippen molar-refractivity contribution in [3.8, 4) is 0 Å². The molecule has 3 rings (SSSR count). The fourth-order valence-corrected chi connectivity index (χ4v) is 4.08. The van der Waals surface area contributed by atoms with Crippen LogP contribution in [0.2, 0.25) is 0 Å². The molecule has 1 aromatic carbocycles. The molecule has 2 nitrogen and oxygen atoms in total. The first kappa shape index (κ1) is 13.5. The highest BCUT2D eigenvalue weighted by molar-refractivity contribution is 7.99. The Balaban J connectivity index is 1.48. The molecule has 2 heterocycles. The first-order valence-corrected chi connectivity index (χ1v) is 8.67. The maximum atomic E-state index is 3.64. The average Bonchev–Trinajstić information content (AvgIpc) is 2.69. The highest BCUT2D eigenvalue weighted by Gasteiger charge is 2.17. The predicted molar refractivity (Wildman–Crippen MR) is 84.0 cm³/mol. The summed E-state index contributed by atoms with van der Waals surface area (Å²) in [5, 5.41) is 3.64. The van der Waals surface area contributed by atoms with Gasteiger partial charge in [0.2, 0.25) is 0 Å². The Bertz CT molecular complexity index is 374. The SMILES string of the molecule is c1ccc2c(c1)CCN(CCC1CSCCN1)CC2.